The third-order valence-corrected chi connectivity index (χ3v) is 5.90. The van der Waals surface area contributed by atoms with Crippen molar-refractivity contribution < 1.29 is 0 Å². The highest BCUT2D eigenvalue weighted by atomic mass is 15.1. The maximum absolute atomic E-state index is 4.54. The highest BCUT2D eigenvalue weighted by Gasteiger charge is 2.14. The van der Waals surface area contributed by atoms with Crippen molar-refractivity contribution >= 4 is 28.0 Å². The Morgan fingerprint density at radius 2 is 1.74 bits per heavy atom. The summed E-state index contributed by atoms with van der Waals surface area (Å²) in [6.07, 6.45) is 11.0. The number of rotatable bonds is 6. The van der Waals surface area contributed by atoms with E-state index < -0.39 is 0 Å². The molecule has 0 spiro atoms. The number of fused-ring (bicyclic) bond motifs is 1. The number of aromatic amines is 1. The number of H-pyrrole nitrogens is 1. The molecule has 7 heteroatoms. The van der Waals surface area contributed by atoms with E-state index in [0.29, 0.717) is 5.70 Å². The van der Waals surface area contributed by atoms with Crippen LogP contribution in [0.15, 0.2) is 80.2 Å². The van der Waals surface area contributed by atoms with E-state index in [0.717, 1.165) is 55.8 Å². The second-order valence-corrected chi connectivity index (χ2v) is 8.36. The molecule has 0 saturated heterocycles. The molecular formula is C27H25N7. The molecular weight excluding hydrogens is 422 g/mol. The lowest BCUT2D eigenvalue weighted by Crippen LogP contribution is -2.08. The minimum Gasteiger partial charge on any atom is -0.376 e. The first kappa shape index (κ1) is 21.3. The Morgan fingerprint density at radius 1 is 0.912 bits per heavy atom. The normalized spacial score (nSPS) is 10.9. The monoisotopic (exact) mass is 447 g/mol. The van der Waals surface area contributed by atoms with Gasteiger partial charge in [0.25, 0.3) is 0 Å². The summed E-state index contributed by atoms with van der Waals surface area (Å²) < 4.78 is 0. The molecule has 7 nitrogen and oxygen atoms in total. The van der Waals surface area contributed by atoms with Gasteiger partial charge in [0.05, 0.1) is 35.0 Å². The van der Waals surface area contributed by atoms with Crippen LogP contribution in [0, 0.1) is 6.92 Å². The van der Waals surface area contributed by atoms with Gasteiger partial charge in [0.2, 0.25) is 0 Å². The zero-order valence-electron chi connectivity index (χ0n) is 19.4. The van der Waals surface area contributed by atoms with E-state index in [1.54, 1.807) is 12.4 Å². The average molecular weight is 448 g/mol. The van der Waals surface area contributed by atoms with Crippen LogP contribution in [0.3, 0.4) is 0 Å². The number of pyridine rings is 3. The molecule has 5 rings (SSSR count). The van der Waals surface area contributed by atoms with E-state index in [1.807, 2.05) is 62.0 Å². The Kier molecular flexibility index (Phi) is 5.51. The van der Waals surface area contributed by atoms with Crippen LogP contribution in [0.4, 0.5) is 11.4 Å². The van der Waals surface area contributed by atoms with Gasteiger partial charge in [-0.15, -0.1) is 0 Å². The predicted molar refractivity (Wildman–Crippen MR) is 139 cm³/mol. The van der Waals surface area contributed by atoms with Gasteiger partial charge in [-0.05, 0) is 42.3 Å². The number of anilines is 2. The summed E-state index contributed by atoms with van der Waals surface area (Å²) in [4.78, 5) is 15.1. The zero-order valence-corrected chi connectivity index (χ0v) is 19.4. The maximum Gasteiger partial charge on any atom is 0.116 e. The molecule has 2 N–H and O–H groups in total. The lowest BCUT2D eigenvalue weighted by molar-refractivity contribution is 1.10. The maximum atomic E-state index is 4.54. The summed E-state index contributed by atoms with van der Waals surface area (Å²) in [7, 11) is 4.02. The Labute approximate surface area is 198 Å². The van der Waals surface area contributed by atoms with Gasteiger partial charge >= 0.3 is 0 Å². The van der Waals surface area contributed by atoms with Gasteiger partial charge in [-0.25, -0.2) is 0 Å². The molecule has 0 radical (unpaired) electrons. The van der Waals surface area contributed by atoms with Gasteiger partial charge < -0.3 is 10.2 Å². The second-order valence-electron chi connectivity index (χ2n) is 8.36. The highest BCUT2D eigenvalue weighted by Crippen LogP contribution is 2.32. The van der Waals surface area contributed by atoms with Crippen molar-refractivity contribution in [3.63, 3.8) is 0 Å². The number of nitrogens with one attached hydrogen (secondary N) is 2. The molecule has 0 fully saturated rings. The summed E-state index contributed by atoms with van der Waals surface area (Å²) in [5.41, 5.74) is 9.54. The van der Waals surface area contributed by atoms with Crippen molar-refractivity contribution in [1.82, 2.24) is 25.1 Å². The molecule has 0 saturated carbocycles. The van der Waals surface area contributed by atoms with Crippen LogP contribution in [-0.2, 0) is 0 Å². The topological polar surface area (TPSA) is 82.6 Å². The molecule has 0 aliphatic carbocycles. The van der Waals surface area contributed by atoms with Crippen molar-refractivity contribution in [3.05, 3.63) is 91.4 Å². The summed E-state index contributed by atoms with van der Waals surface area (Å²) in [6, 6.07) is 12.3. The van der Waals surface area contributed by atoms with Crippen LogP contribution < -0.4 is 10.2 Å². The van der Waals surface area contributed by atoms with Gasteiger partial charge in [0.15, 0.2) is 0 Å². The molecule has 1 aromatic carbocycles. The lowest BCUT2D eigenvalue weighted by Gasteiger charge is -2.14. The quantitative estimate of drug-likeness (QED) is 0.356. The SMILES string of the molecule is C=C(Nc1cncc(-c2cccnc2)c1C)c1n[nH]c2ccc(-c3cncc(N(C)C)c3)cc12. The van der Waals surface area contributed by atoms with Crippen LogP contribution in [0.5, 0.6) is 0 Å². The average Bonchev–Trinajstić information content (AvgIpc) is 3.29. The van der Waals surface area contributed by atoms with Crippen LogP contribution >= 0.6 is 0 Å². The Morgan fingerprint density at radius 3 is 2.53 bits per heavy atom. The number of aromatic nitrogens is 5. The van der Waals surface area contributed by atoms with Crippen LogP contribution in [0.1, 0.15) is 11.3 Å². The van der Waals surface area contributed by atoms with Crippen molar-refractivity contribution in [2.75, 3.05) is 24.3 Å². The standard InChI is InChI=1S/C27H25N7/c1-17-24(20-6-5-9-28-12-20)15-30-16-26(17)31-18(2)27-23-11-19(7-8-25(23)32-33-27)21-10-22(34(3)4)14-29-13-21/h5-16,31H,2H2,1,3-4H3,(H,32,33). The molecule has 0 aliphatic heterocycles. The number of hydrogen-bond donors (Lipinski definition) is 2. The van der Waals surface area contributed by atoms with E-state index in [1.165, 1.54) is 0 Å². The lowest BCUT2D eigenvalue weighted by atomic mass is 10.0. The van der Waals surface area contributed by atoms with Gasteiger partial charge in [-0.2, -0.15) is 5.10 Å². The van der Waals surface area contributed by atoms with E-state index in [4.69, 9.17) is 0 Å². The van der Waals surface area contributed by atoms with E-state index in [2.05, 4.69) is 62.2 Å². The van der Waals surface area contributed by atoms with E-state index in [9.17, 15) is 0 Å². The van der Waals surface area contributed by atoms with Gasteiger partial charge in [0.1, 0.15) is 5.69 Å². The predicted octanol–water partition coefficient (Wildman–Crippen LogP) is 5.54. The fourth-order valence-corrected chi connectivity index (χ4v) is 3.94. The summed E-state index contributed by atoms with van der Waals surface area (Å²) in [5, 5.41) is 12.1. The van der Waals surface area contributed by atoms with Crippen LogP contribution in [0.25, 0.3) is 38.9 Å². The van der Waals surface area contributed by atoms with Gasteiger partial charge in [0, 0.05) is 61.0 Å². The first-order valence-electron chi connectivity index (χ1n) is 10.9. The number of nitrogens with zero attached hydrogens (tertiary/aromatic N) is 5. The Hall–Kier alpha value is -4.52. The molecule has 0 amide bonds. The summed E-state index contributed by atoms with van der Waals surface area (Å²) >= 11 is 0. The highest BCUT2D eigenvalue weighted by molar-refractivity contribution is 5.95. The van der Waals surface area contributed by atoms with Gasteiger partial charge in [-0.1, -0.05) is 18.7 Å². The van der Waals surface area contributed by atoms with E-state index >= 15 is 0 Å². The molecule has 0 aliphatic rings. The van der Waals surface area contributed by atoms with Crippen molar-refractivity contribution in [2.45, 2.75) is 6.92 Å². The summed E-state index contributed by atoms with van der Waals surface area (Å²) in [6.45, 7) is 6.33. The fraction of sp³-hybridized carbons (Fsp3) is 0.111. The number of hydrogen-bond acceptors (Lipinski definition) is 6. The molecule has 168 valence electrons. The zero-order chi connectivity index (χ0) is 23.7. The molecule has 4 aromatic heterocycles. The smallest absolute Gasteiger partial charge is 0.116 e. The molecule has 5 aromatic rings. The van der Waals surface area contributed by atoms with Gasteiger partial charge in [-0.3, -0.25) is 20.1 Å². The first-order chi connectivity index (χ1) is 16.5. The second kappa shape index (κ2) is 8.78. The first-order valence-corrected chi connectivity index (χ1v) is 10.9. The fourth-order valence-electron chi connectivity index (χ4n) is 3.94. The van der Waals surface area contributed by atoms with Crippen molar-refractivity contribution in [3.8, 4) is 22.3 Å². The summed E-state index contributed by atoms with van der Waals surface area (Å²) in [5.74, 6) is 0. The third kappa shape index (κ3) is 3.99. The van der Waals surface area contributed by atoms with Crippen molar-refractivity contribution in [2.24, 2.45) is 0 Å². The Bertz CT molecular complexity index is 1490. The molecule has 4 heterocycles. The molecule has 0 atom stereocenters. The third-order valence-electron chi connectivity index (χ3n) is 5.90. The minimum atomic E-state index is 0.691. The largest absolute Gasteiger partial charge is 0.376 e. The molecule has 0 unspecified atom stereocenters. The molecule has 34 heavy (non-hydrogen) atoms. The van der Waals surface area contributed by atoms with Crippen LogP contribution in [0.2, 0.25) is 0 Å². The van der Waals surface area contributed by atoms with E-state index in [-0.39, 0.29) is 0 Å². The Balaban J connectivity index is 1.48. The van der Waals surface area contributed by atoms with Crippen LogP contribution in [-0.4, -0.2) is 39.2 Å². The minimum absolute atomic E-state index is 0.691. The number of benzene rings is 1. The molecule has 0 bridgehead atoms. The van der Waals surface area contributed by atoms with Crippen molar-refractivity contribution in [1.29, 1.82) is 0 Å².